The highest BCUT2D eigenvalue weighted by atomic mass is 16.5. The van der Waals surface area contributed by atoms with Gasteiger partial charge in [-0.2, -0.15) is 0 Å². The molecule has 1 saturated heterocycles. The highest BCUT2D eigenvalue weighted by molar-refractivity contribution is 5.19. The van der Waals surface area contributed by atoms with E-state index >= 15 is 0 Å². The molecule has 0 spiro atoms. The SMILES string of the molecule is NCCC(c1ccccc1)N1CCOCC1. The van der Waals surface area contributed by atoms with Gasteiger partial charge in [-0.15, -0.1) is 0 Å². The van der Waals surface area contributed by atoms with Crippen molar-refractivity contribution in [1.29, 1.82) is 0 Å². The molecular formula is C13H20N2O. The van der Waals surface area contributed by atoms with Gasteiger partial charge in [-0.1, -0.05) is 30.3 Å². The van der Waals surface area contributed by atoms with Crippen molar-refractivity contribution < 1.29 is 4.74 Å². The Hall–Kier alpha value is -0.900. The number of morpholine rings is 1. The number of nitrogens with two attached hydrogens (primary N) is 1. The minimum atomic E-state index is 0.454. The standard InChI is InChI=1S/C13H20N2O/c14-7-6-13(12-4-2-1-3-5-12)15-8-10-16-11-9-15/h1-5,13H,6-11,14H2. The molecule has 1 aliphatic heterocycles. The zero-order valence-electron chi connectivity index (χ0n) is 9.64. The molecule has 0 aromatic heterocycles. The normalized spacial score (nSPS) is 19.6. The van der Waals surface area contributed by atoms with Crippen molar-refractivity contribution in [3.63, 3.8) is 0 Å². The first-order chi connectivity index (χ1) is 7.92. The summed E-state index contributed by atoms with van der Waals surface area (Å²) < 4.78 is 5.39. The van der Waals surface area contributed by atoms with Crippen LogP contribution < -0.4 is 5.73 Å². The molecule has 1 heterocycles. The fourth-order valence-electron chi connectivity index (χ4n) is 2.28. The Kier molecular flexibility index (Phi) is 4.34. The number of hydrogen-bond donors (Lipinski definition) is 1. The highest BCUT2D eigenvalue weighted by Gasteiger charge is 2.21. The molecule has 0 amide bonds. The zero-order valence-corrected chi connectivity index (χ0v) is 9.64. The summed E-state index contributed by atoms with van der Waals surface area (Å²) >= 11 is 0. The molecule has 1 aliphatic rings. The average molecular weight is 220 g/mol. The van der Waals surface area contributed by atoms with Crippen molar-refractivity contribution in [2.75, 3.05) is 32.8 Å². The van der Waals surface area contributed by atoms with E-state index < -0.39 is 0 Å². The molecule has 3 heteroatoms. The van der Waals surface area contributed by atoms with E-state index in [0.29, 0.717) is 6.04 Å². The van der Waals surface area contributed by atoms with Crippen molar-refractivity contribution >= 4 is 0 Å². The van der Waals surface area contributed by atoms with E-state index in [1.807, 2.05) is 0 Å². The lowest BCUT2D eigenvalue weighted by molar-refractivity contribution is 0.0147. The number of ether oxygens (including phenoxy) is 1. The molecule has 1 unspecified atom stereocenters. The average Bonchev–Trinajstić information content (AvgIpc) is 2.38. The molecule has 0 bridgehead atoms. The summed E-state index contributed by atoms with van der Waals surface area (Å²) in [6, 6.07) is 11.1. The second kappa shape index (κ2) is 5.99. The van der Waals surface area contributed by atoms with Crippen LogP contribution in [-0.2, 0) is 4.74 Å². The minimum Gasteiger partial charge on any atom is -0.379 e. The number of rotatable bonds is 4. The van der Waals surface area contributed by atoms with Crippen LogP contribution in [-0.4, -0.2) is 37.7 Å². The highest BCUT2D eigenvalue weighted by Crippen LogP contribution is 2.24. The second-order valence-corrected chi connectivity index (χ2v) is 4.15. The van der Waals surface area contributed by atoms with Gasteiger partial charge in [0.25, 0.3) is 0 Å². The van der Waals surface area contributed by atoms with Crippen LogP contribution in [0.25, 0.3) is 0 Å². The van der Waals surface area contributed by atoms with Crippen molar-refractivity contribution in [2.45, 2.75) is 12.5 Å². The van der Waals surface area contributed by atoms with E-state index in [1.54, 1.807) is 0 Å². The zero-order chi connectivity index (χ0) is 11.2. The van der Waals surface area contributed by atoms with Gasteiger partial charge in [0.15, 0.2) is 0 Å². The lowest BCUT2D eigenvalue weighted by Gasteiger charge is -2.34. The number of hydrogen-bond acceptors (Lipinski definition) is 3. The van der Waals surface area contributed by atoms with E-state index in [-0.39, 0.29) is 0 Å². The third-order valence-electron chi connectivity index (χ3n) is 3.11. The van der Waals surface area contributed by atoms with Crippen molar-refractivity contribution in [1.82, 2.24) is 4.90 Å². The molecule has 1 atom stereocenters. The van der Waals surface area contributed by atoms with E-state index in [9.17, 15) is 0 Å². The topological polar surface area (TPSA) is 38.5 Å². The smallest absolute Gasteiger partial charge is 0.0594 e. The first-order valence-corrected chi connectivity index (χ1v) is 5.98. The molecule has 3 nitrogen and oxygen atoms in total. The molecule has 0 saturated carbocycles. The van der Waals surface area contributed by atoms with Gasteiger partial charge in [0, 0.05) is 19.1 Å². The maximum Gasteiger partial charge on any atom is 0.0594 e. The predicted octanol–water partition coefficient (Wildman–Crippen LogP) is 1.41. The summed E-state index contributed by atoms with van der Waals surface area (Å²) in [6.07, 6.45) is 1.02. The largest absolute Gasteiger partial charge is 0.379 e. The van der Waals surface area contributed by atoms with Crippen LogP contribution in [0.5, 0.6) is 0 Å². The van der Waals surface area contributed by atoms with Crippen LogP contribution in [0.1, 0.15) is 18.0 Å². The van der Waals surface area contributed by atoms with Gasteiger partial charge in [0.05, 0.1) is 13.2 Å². The summed E-state index contributed by atoms with van der Waals surface area (Å²) in [7, 11) is 0. The Bertz CT molecular complexity index is 296. The molecule has 0 aliphatic carbocycles. The molecular weight excluding hydrogens is 200 g/mol. The molecule has 1 fully saturated rings. The van der Waals surface area contributed by atoms with Gasteiger partial charge in [0.2, 0.25) is 0 Å². The Morgan fingerprint density at radius 3 is 2.50 bits per heavy atom. The van der Waals surface area contributed by atoms with Crippen LogP contribution in [0, 0.1) is 0 Å². The molecule has 0 radical (unpaired) electrons. The van der Waals surface area contributed by atoms with Gasteiger partial charge in [-0.05, 0) is 18.5 Å². The van der Waals surface area contributed by atoms with Gasteiger partial charge in [-0.3, -0.25) is 4.90 Å². The summed E-state index contributed by atoms with van der Waals surface area (Å²) in [5.74, 6) is 0. The number of nitrogens with zero attached hydrogens (tertiary/aromatic N) is 1. The molecule has 88 valence electrons. The Balaban J connectivity index is 2.09. The fourth-order valence-corrected chi connectivity index (χ4v) is 2.28. The third kappa shape index (κ3) is 2.82. The summed E-state index contributed by atoms with van der Waals surface area (Å²) in [4.78, 5) is 2.48. The van der Waals surface area contributed by atoms with E-state index in [1.165, 1.54) is 5.56 Å². The molecule has 16 heavy (non-hydrogen) atoms. The second-order valence-electron chi connectivity index (χ2n) is 4.15. The Labute approximate surface area is 97.2 Å². The summed E-state index contributed by atoms with van der Waals surface area (Å²) in [5.41, 5.74) is 7.09. The molecule has 2 N–H and O–H groups in total. The van der Waals surface area contributed by atoms with Gasteiger partial charge < -0.3 is 10.5 Å². The molecule has 2 rings (SSSR count). The van der Waals surface area contributed by atoms with E-state index in [0.717, 1.165) is 39.3 Å². The first kappa shape index (κ1) is 11.6. The van der Waals surface area contributed by atoms with Crippen LogP contribution in [0.15, 0.2) is 30.3 Å². The van der Waals surface area contributed by atoms with Crippen molar-refractivity contribution in [2.24, 2.45) is 5.73 Å². The Morgan fingerprint density at radius 1 is 1.19 bits per heavy atom. The van der Waals surface area contributed by atoms with Crippen LogP contribution in [0.2, 0.25) is 0 Å². The predicted molar refractivity (Wildman–Crippen MR) is 65.2 cm³/mol. The monoisotopic (exact) mass is 220 g/mol. The van der Waals surface area contributed by atoms with Crippen LogP contribution in [0.4, 0.5) is 0 Å². The fraction of sp³-hybridized carbons (Fsp3) is 0.538. The van der Waals surface area contributed by atoms with Gasteiger partial charge >= 0.3 is 0 Å². The third-order valence-corrected chi connectivity index (χ3v) is 3.11. The summed E-state index contributed by atoms with van der Waals surface area (Å²) in [5, 5.41) is 0. The van der Waals surface area contributed by atoms with Crippen molar-refractivity contribution in [3.8, 4) is 0 Å². The Morgan fingerprint density at radius 2 is 1.88 bits per heavy atom. The van der Waals surface area contributed by atoms with Gasteiger partial charge in [0.1, 0.15) is 0 Å². The van der Waals surface area contributed by atoms with Crippen molar-refractivity contribution in [3.05, 3.63) is 35.9 Å². The lowest BCUT2D eigenvalue weighted by atomic mass is 10.0. The first-order valence-electron chi connectivity index (χ1n) is 5.98. The number of benzene rings is 1. The van der Waals surface area contributed by atoms with Crippen LogP contribution >= 0.6 is 0 Å². The summed E-state index contributed by atoms with van der Waals surface area (Å²) in [6.45, 7) is 4.44. The maximum absolute atomic E-state index is 5.72. The van der Waals surface area contributed by atoms with E-state index in [4.69, 9.17) is 10.5 Å². The molecule has 1 aromatic carbocycles. The quantitative estimate of drug-likeness (QED) is 0.833. The molecule has 1 aromatic rings. The van der Waals surface area contributed by atoms with Crippen LogP contribution in [0.3, 0.4) is 0 Å². The minimum absolute atomic E-state index is 0.454. The lowest BCUT2D eigenvalue weighted by Crippen LogP contribution is -2.39. The van der Waals surface area contributed by atoms with E-state index in [2.05, 4.69) is 35.2 Å². The van der Waals surface area contributed by atoms with Gasteiger partial charge in [-0.25, -0.2) is 0 Å². The maximum atomic E-state index is 5.72.